The van der Waals surface area contributed by atoms with Crippen LogP contribution in [0.1, 0.15) is 24.6 Å². The Hall–Kier alpha value is -3.62. The second kappa shape index (κ2) is 7.01. The molecule has 0 spiro atoms. The zero-order valence-corrected chi connectivity index (χ0v) is 16.9. The molecule has 30 heavy (non-hydrogen) atoms. The number of fused-ring (bicyclic) bond motifs is 3. The number of ether oxygens (including phenoxy) is 1. The molecule has 0 aliphatic carbocycles. The summed E-state index contributed by atoms with van der Waals surface area (Å²) >= 11 is 0. The van der Waals surface area contributed by atoms with Crippen molar-refractivity contribution in [1.82, 2.24) is 24.1 Å². The summed E-state index contributed by atoms with van der Waals surface area (Å²) in [7, 11) is 3.36. The van der Waals surface area contributed by atoms with Crippen LogP contribution >= 0.6 is 0 Å². The van der Waals surface area contributed by atoms with Crippen LogP contribution in [0.5, 0.6) is 5.75 Å². The minimum atomic E-state index is -0.0141. The number of nitrogens with two attached hydrogens (primary N) is 1. The minimum Gasteiger partial charge on any atom is -0.494 e. The molecule has 4 heterocycles. The molecule has 0 unspecified atom stereocenters. The molecule has 0 amide bonds. The highest BCUT2D eigenvalue weighted by molar-refractivity contribution is 5.95. The maximum Gasteiger partial charge on any atom is 0.252 e. The number of benzene rings is 1. The van der Waals surface area contributed by atoms with Crippen molar-refractivity contribution in [3.63, 3.8) is 0 Å². The van der Waals surface area contributed by atoms with Crippen LogP contribution in [0.4, 0.5) is 11.6 Å². The molecule has 0 saturated carbocycles. The van der Waals surface area contributed by atoms with Gasteiger partial charge in [-0.25, -0.2) is 9.97 Å². The van der Waals surface area contributed by atoms with Crippen LogP contribution in [0, 0.1) is 0 Å². The normalized spacial score (nSPS) is 17.0. The van der Waals surface area contributed by atoms with Gasteiger partial charge in [0.15, 0.2) is 11.5 Å². The third-order valence-corrected chi connectivity index (χ3v) is 5.77. The third kappa shape index (κ3) is 2.94. The van der Waals surface area contributed by atoms with Crippen molar-refractivity contribution in [1.29, 1.82) is 0 Å². The molecule has 5 rings (SSSR count). The summed E-state index contributed by atoms with van der Waals surface area (Å²) in [5.74, 6) is 1.82. The molecule has 1 aromatic carbocycles. The van der Waals surface area contributed by atoms with Crippen LogP contribution in [0.25, 0.3) is 16.6 Å². The minimum absolute atomic E-state index is 0.0141. The quantitative estimate of drug-likeness (QED) is 0.556. The number of hydrogen-bond donors (Lipinski definition) is 1. The molecule has 3 aromatic heterocycles. The first-order chi connectivity index (χ1) is 14.5. The SMILES string of the molecule is COc1cccc2c1nc(N)n1nc([C@@H]3CCCN(c4ccn(C)c(=O)c4)C3)nc21. The Labute approximate surface area is 172 Å². The van der Waals surface area contributed by atoms with Gasteiger partial charge in [0.05, 0.1) is 7.11 Å². The summed E-state index contributed by atoms with van der Waals surface area (Å²) in [6.07, 6.45) is 3.78. The number of aryl methyl sites for hydroxylation is 1. The third-order valence-electron chi connectivity index (χ3n) is 5.77. The largest absolute Gasteiger partial charge is 0.494 e. The van der Waals surface area contributed by atoms with E-state index in [1.54, 1.807) is 35.5 Å². The van der Waals surface area contributed by atoms with Gasteiger partial charge >= 0.3 is 0 Å². The van der Waals surface area contributed by atoms with E-state index < -0.39 is 0 Å². The lowest BCUT2D eigenvalue weighted by atomic mass is 9.97. The second-order valence-corrected chi connectivity index (χ2v) is 7.65. The molecule has 1 aliphatic rings. The van der Waals surface area contributed by atoms with Crippen molar-refractivity contribution in [2.24, 2.45) is 7.05 Å². The maximum absolute atomic E-state index is 12.0. The Morgan fingerprint density at radius 1 is 1.23 bits per heavy atom. The highest BCUT2D eigenvalue weighted by atomic mass is 16.5. The molecule has 1 saturated heterocycles. The number of hydrogen-bond acceptors (Lipinski definition) is 7. The molecular weight excluding hydrogens is 382 g/mol. The number of aromatic nitrogens is 5. The molecule has 1 aliphatic heterocycles. The zero-order valence-electron chi connectivity index (χ0n) is 16.9. The molecule has 0 radical (unpaired) electrons. The summed E-state index contributed by atoms with van der Waals surface area (Å²) in [6, 6.07) is 9.37. The van der Waals surface area contributed by atoms with Gasteiger partial charge in [0, 0.05) is 49.4 Å². The average molecular weight is 405 g/mol. The fourth-order valence-electron chi connectivity index (χ4n) is 4.14. The number of methoxy groups -OCH3 is 1. The smallest absolute Gasteiger partial charge is 0.252 e. The van der Waals surface area contributed by atoms with E-state index in [1.807, 2.05) is 24.3 Å². The van der Waals surface area contributed by atoms with Crippen LogP contribution < -0.4 is 20.9 Å². The topological polar surface area (TPSA) is 104 Å². The van der Waals surface area contributed by atoms with Crippen molar-refractivity contribution in [3.8, 4) is 5.75 Å². The van der Waals surface area contributed by atoms with Gasteiger partial charge in [-0.15, -0.1) is 5.10 Å². The number of para-hydroxylation sites is 1. The summed E-state index contributed by atoms with van der Waals surface area (Å²) in [4.78, 5) is 23.6. The van der Waals surface area contributed by atoms with E-state index in [4.69, 9.17) is 15.5 Å². The highest BCUT2D eigenvalue weighted by Gasteiger charge is 2.26. The van der Waals surface area contributed by atoms with Gasteiger partial charge in [-0.3, -0.25) is 4.79 Å². The lowest BCUT2D eigenvalue weighted by Crippen LogP contribution is -2.35. The van der Waals surface area contributed by atoms with Crippen LogP contribution in [0.2, 0.25) is 0 Å². The zero-order chi connectivity index (χ0) is 20.8. The number of nitrogen functional groups attached to an aromatic ring is 1. The molecule has 9 nitrogen and oxygen atoms in total. The molecule has 9 heteroatoms. The molecule has 0 bridgehead atoms. The van der Waals surface area contributed by atoms with Crippen LogP contribution in [0.3, 0.4) is 0 Å². The molecule has 4 aromatic rings. The first-order valence-corrected chi connectivity index (χ1v) is 9.95. The van der Waals surface area contributed by atoms with E-state index in [1.165, 1.54) is 0 Å². The van der Waals surface area contributed by atoms with Crippen molar-refractivity contribution in [2.75, 3.05) is 30.8 Å². The van der Waals surface area contributed by atoms with E-state index in [-0.39, 0.29) is 17.4 Å². The van der Waals surface area contributed by atoms with Gasteiger partial charge in [0.2, 0.25) is 5.95 Å². The maximum atomic E-state index is 12.0. The number of rotatable bonds is 3. The Morgan fingerprint density at radius 2 is 2.10 bits per heavy atom. The molecule has 1 atom stereocenters. The Kier molecular flexibility index (Phi) is 4.30. The Bertz CT molecular complexity index is 1310. The predicted octanol–water partition coefficient (Wildman–Crippen LogP) is 1.95. The van der Waals surface area contributed by atoms with Gasteiger partial charge in [-0.05, 0) is 31.0 Å². The lowest BCUT2D eigenvalue weighted by molar-refractivity contribution is 0.419. The predicted molar refractivity (Wildman–Crippen MR) is 115 cm³/mol. The monoisotopic (exact) mass is 405 g/mol. The first-order valence-electron chi connectivity index (χ1n) is 9.95. The first kappa shape index (κ1) is 18.4. The average Bonchev–Trinajstić information content (AvgIpc) is 3.22. The summed E-state index contributed by atoms with van der Waals surface area (Å²) in [5.41, 5.74) is 8.46. The fraction of sp³-hybridized carbons (Fsp3) is 0.333. The van der Waals surface area contributed by atoms with Crippen LogP contribution in [-0.4, -0.2) is 44.3 Å². The molecule has 1 fully saturated rings. The van der Waals surface area contributed by atoms with Gasteiger partial charge in [-0.1, -0.05) is 6.07 Å². The summed E-state index contributed by atoms with van der Waals surface area (Å²) in [6.45, 7) is 1.65. The number of nitrogens with zero attached hydrogens (tertiary/aromatic N) is 6. The van der Waals surface area contributed by atoms with Crippen molar-refractivity contribution >= 4 is 28.2 Å². The van der Waals surface area contributed by atoms with Crippen molar-refractivity contribution in [3.05, 3.63) is 52.7 Å². The summed E-state index contributed by atoms with van der Waals surface area (Å²) in [5, 5.41) is 5.53. The molecule has 2 N–H and O–H groups in total. The van der Waals surface area contributed by atoms with Crippen LogP contribution in [0.15, 0.2) is 41.3 Å². The van der Waals surface area contributed by atoms with E-state index in [0.29, 0.717) is 16.9 Å². The van der Waals surface area contributed by atoms with Crippen molar-refractivity contribution < 1.29 is 4.74 Å². The molecular formula is C21H23N7O2. The van der Waals surface area contributed by atoms with Crippen LogP contribution in [-0.2, 0) is 7.05 Å². The van der Waals surface area contributed by atoms with Gasteiger partial charge in [0.25, 0.3) is 5.56 Å². The summed E-state index contributed by atoms with van der Waals surface area (Å²) < 4.78 is 8.60. The van der Waals surface area contributed by atoms with Gasteiger partial charge < -0.3 is 19.9 Å². The van der Waals surface area contributed by atoms with E-state index >= 15 is 0 Å². The Morgan fingerprint density at radius 3 is 2.90 bits per heavy atom. The highest BCUT2D eigenvalue weighted by Crippen LogP contribution is 2.31. The number of piperidine rings is 1. The standard InChI is InChI=1S/C21H23N7O2/c1-26-10-8-14(11-17(26)29)27-9-4-5-13(12-27)19-24-20-15-6-3-7-16(30-2)18(15)23-21(22)28(20)25-19/h3,6-8,10-11,13H,4-5,9,12H2,1-2H3,(H2,22,23)/t13-/m1/s1. The van der Waals surface area contributed by atoms with Gasteiger partial charge in [0.1, 0.15) is 11.3 Å². The number of pyridine rings is 1. The Balaban J connectivity index is 1.54. The lowest BCUT2D eigenvalue weighted by Gasteiger charge is -2.33. The van der Waals surface area contributed by atoms with E-state index in [9.17, 15) is 4.79 Å². The fourth-order valence-corrected chi connectivity index (χ4v) is 4.14. The second-order valence-electron chi connectivity index (χ2n) is 7.65. The molecule has 154 valence electrons. The van der Waals surface area contributed by atoms with Gasteiger partial charge in [-0.2, -0.15) is 4.52 Å². The van der Waals surface area contributed by atoms with E-state index in [0.717, 1.165) is 42.8 Å². The number of anilines is 2. The van der Waals surface area contributed by atoms with E-state index in [2.05, 4.69) is 15.0 Å². The van der Waals surface area contributed by atoms with Crippen molar-refractivity contribution in [2.45, 2.75) is 18.8 Å².